The number of hydrogen-bond acceptors (Lipinski definition) is 2. The van der Waals surface area contributed by atoms with E-state index in [0.29, 0.717) is 0 Å². The van der Waals surface area contributed by atoms with Gasteiger partial charge in [-0.3, -0.25) is 0 Å². The molecule has 1 aromatic rings. The number of aliphatic carboxylic acids is 2. The number of hydrogen-bond donors (Lipinski definition) is 2. The minimum Gasteiger partial charge on any atom is -0.473 e. The third-order valence-electron chi connectivity index (χ3n) is 0.790. The molecule has 0 aliphatic heterocycles. The molecule has 0 unspecified atom stereocenters. The van der Waals surface area contributed by atoms with Crippen LogP contribution in [-0.4, -0.2) is 22.2 Å². The molecule has 0 spiro atoms. The summed E-state index contributed by atoms with van der Waals surface area (Å²) in [6, 6.07) is 12.5. The van der Waals surface area contributed by atoms with E-state index < -0.39 is 11.9 Å². The van der Waals surface area contributed by atoms with Crippen LogP contribution in [0, 0.1) is 6.07 Å². The molecule has 5 heteroatoms. The number of benzene rings is 1. The molecule has 0 fully saturated rings. The van der Waals surface area contributed by atoms with Crippen LogP contribution in [-0.2, 0) is 9.59 Å². The van der Waals surface area contributed by atoms with Crippen molar-refractivity contribution < 1.29 is 71.2 Å². The van der Waals surface area contributed by atoms with Gasteiger partial charge in [0.05, 0.1) is 0 Å². The van der Waals surface area contributed by atoms with E-state index in [2.05, 4.69) is 6.07 Å². The van der Waals surface area contributed by atoms with Gasteiger partial charge in [-0.15, -0.1) is 0 Å². The Morgan fingerprint density at radius 1 is 0.923 bits per heavy atom. The second-order valence-electron chi connectivity index (χ2n) is 1.69. The summed E-state index contributed by atoms with van der Waals surface area (Å²) in [5.74, 6) is -3.65. The Labute approximate surface area is 118 Å². The normalized spacial score (nSPS) is 7.08. The van der Waals surface area contributed by atoms with E-state index in [1.165, 1.54) is 0 Å². The van der Waals surface area contributed by atoms with Gasteiger partial charge in [0.1, 0.15) is 0 Å². The minimum absolute atomic E-state index is 0. The maximum atomic E-state index is 9.10. The molecule has 4 nitrogen and oxygen atoms in total. The van der Waals surface area contributed by atoms with Crippen molar-refractivity contribution >= 4 is 11.9 Å². The fraction of sp³-hybridized carbons (Fsp3) is 0. The van der Waals surface area contributed by atoms with Crippen LogP contribution in [0.15, 0.2) is 30.3 Å². The van der Waals surface area contributed by atoms with Crippen molar-refractivity contribution in [1.29, 1.82) is 0 Å². The van der Waals surface area contributed by atoms with E-state index in [9.17, 15) is 0 Å². The van der Waals surface area contributed by atoms with Crippen molar-refractivity contribution in [3.8, 4) is 0 Å². The molecule has 1 rings (SSSR count). The van der Waals surface area contributed by atoms with E-state index in [1.54, 1.807) is 0 Å². The van der Waals surface area contributed by atoms with Crippen LogP contribution in [0.2, 0.25) is 0 Å². The van der Waals surface area contributed by atoms with Crippen molar-refractivity contribution in [2.75, 3.05) is 0 Å². The Morgan fingerprint density at radius 2 is 1.31 bits per heavy atom. The number of carbonyl (C=O) groups is 2. The molecule has 1 aromatic carbocycles. The first kappa shape index (κ1) is 15.3. The first-order chi connectivity index (χ1) is 5.64. The predicted octanol–water partition coefficient (Wildman–Crippen LogP) is -2.35. The van der Waals surface area contributed by atoms with Crippen LogP contribution < -0.4 is 51.4 Å². The van der Waals surface area contributed by atoms with Gasteiger partial charge >= 0.3 is 63.3 Å². The van der Waals surface area contributed by atoms with Crippen LogP contribution >= 0.6 is 0 Å². The molecule has 0 atom stereocenters. The van der Waals surface area contributed by atoms with Crippen LogP contribution in [0.4, 0.5) is 0 Å². The number of carboxylic acid groups (broad SMARTS) is 2. The van der Waals surface area contributed by atoms with E-state index in [1.807, 2.05) is 30.3 Å². The quantitative estimate of drug-likeness (QED) is 0.283. The monoisotopic (exact) mass is 206 g/mol. The van der Waals surface area contributed by atoms with Crippen molar-refractivity contribution in [2.45, 2.75) is 0 Å². The zero-order valence-electron chi connectivity index (χ0n) is 7.10. The predicted molar refractivity (Wildman–Crippen MR) is 40.5 cm³/mol. The molecule has 0 bridgehead atoms. The van der Waals surface area contributed by atoms with Crippen molar-refractivity contribution in [3.05, 3.63) is 36.4 Å². The molecule has 0 radical (unpaired) electrons. The third-order valence-corrected chi connectivity index (χ3v) is 0.790. The Balaban J connectivity index is 0. The molecule has 2 N–H and O–H groups in total. The van der Waals surface area contributed by atoms with Gasteiger partial charge in [0.25, 0.3) is 0 Å². The Morgan fingerprint density at radius 3 is 1.38 bits per heavy atom. The minimum atomic E-state index is -1.82. The van der Waals surface area contributed by atoms with Gasteiger partial charge in [0.2, 0.25) is 0 Å². The standard InChI is InChI=1S/C6H5.C2H2O4.K/c1-2-4-6-5-3-1;3-1(4)2(5)6;/h1-5H;(H,3,4)(H,5,6);/q-1;;+1. The summed E-state index contributed by atoms with van der Waals surface area (Å²) in [5, 5.41) is 14.8. The van der Waals surface area contributed by atoms with Gasteiger partial charge < -0.3 is 10.2 Å². The molecule has 0 aliphatic carbocycles. The summed E-state index contributed by atoms with van der Waals surface area (Å²) in [6.45, 7) is 0. The molecule has 0 heterocycles. The Bertz CT molecular complexity index is 209. The molecular weight excluding hydrogens is 199 g/mol. The van der Waals surface area contributed by atoms with Crippen molar-refractivity contribution in [2.24, 2.45) is 0 Å². The summed E-state index contributed by atoms with van der Waals surface area (Å²) >= 11 is 0. The van der Waals surface area contributed by atoms with Crippen molar-refractivity contribution in [1.82, 2.24) is 0 Å². The topological polar surface area (TPSA) is 74.6 Å². The molecular formula is C8H7KO4. The van der Waals surface area contributed by atoms with Gasteiger partial charge in [0.15, 0.2) is 0 Å². The first-order valence-electron chi connectivity index (χ1n) is 3.02. The molecule has 0 aromatic heterocycles. The maximum absolute atomic E-state index is 9.10. The summed E-state index contributed by atoms with van der Waals surface area (Å²) in [6.07, 6.45) is 0. The average Bonchev–Trinajstić information content (AvgIpc) is 2.08. The van der Waals surface area contributed by atoms with Gasteiger partial charge in [-0.2, -0.15) is 36.4 Å². The summed E-state index contributed by atoms with van der Waals surface area (Å²) in [4.78, 5) is 18.2. The molecule has 13 heavy (non-hydrogen) atoms. The molecule has 0 amide bonds. The zero-order valence-corrected chi connectivity index (χ0v) is 10.2. The molecule has 0 saturated carbocycles. The fourth-order valence-electron chi connectivity index (χ4n) is 0.342. The van der Waals surface area contributed by atoms with Gasteiger partial charge in [0, 0.05) is 0 Å². The maximum Gasteiger partial charge on any atom is 1.00 e. The Kier molecular flexibility index (Phi) is 11.6. The average molecular weight is 206 g/mol. The van der Waals surface area contributed by atoms with Crippen LogP contribution in [0.5, 0.6) is 0 Å². The largest absolute Gasteiger partial charge is 1.00 e. The summed E-state index contributed by atoms with van der Waals surface area (Å²) in [7, 11) is 0. The summed E-state index contributed by atoms with van der Waals surface area (Å²) in [5.41, 5.74) is 0. The van der Waals surface area contributed by atoms with Gasteiger partial charge in [-0.05, 0) is 0 Å². The second-order valence-corrected chi connectivity index (χ2v) is 1.69. The zero-order chi connectivity index (χ0) is 9.40. The SMILES string of the molecule is O=C(O)C(=O)O.[K+].[c-]1ccccc1. The van der Waals surface area contributed by atoms with Crippen LogP contribution in [0.1, 0.15) is 0 Å². The van der Waals surface area contributed by atoms with Crippen LogP contribution in [0.3, 0.4) is 0 Å². The second kappa shape index (κ2) is 9.88. The van der Waals surface area contributed by atoms with Gasteiger partial charge in [-0.25, -0.2) is 9.59 Å². The van der Waals surface area contributed by atoms with Crippen LogP contribution in [0.25, 0.3) is 0 Å². The number of carboxylic acids is 2. The first-order valence-corrected chi connectivity index (χ1v) is 3.02. The van der Waals surface area contributed by atoms with E-state index in [0.717, 1.165) is 0 Å². The fourth-order valence-corrected chi connectivity index (χ4v) is 0.342. The number of rotatable bonds is 0. The van der Waals surface area contributed by atoms with Gasteiger partial charge in [-0.1, -0.05) is 0 Å². The van der Waals surface area contributed by atoms with E-state index >= 15 is 0 Å². The van der Waals surface area contributed by atoms with Crippen molar-refractivity contribution in [3.63, 3.8) is 0 Å². The molecule has 0 saturated heterocycles. The Hall–Kier alpha value is -0.204. The molecule has 0 aliphatic rings. The summed E-state index contributed by atoms with van der Waals surface area (Å²) < 4.78 is 0. The smallest absolute Gasteiger partial charge is 0.473 e. The molecule has 64 valence electrons. The van der Waals surface area contributed by atoms with E-state index in [4.69, 9.17) is 19.8 Å². The third kappa shape index (κ3) is 11.8. The van der Waals surface area contributed by atoms with E-state index in [-0.39, 0.29) is 51.4 Å².